The highest BCUT2D eigenvalue weighted by Gasteiger charge is 2.42. The highest BCUT2D eigenvalue weighted by atomic mass is 16.8. The molecule has 2 heterocycles. The van der Waals surface area contributed by atoms with Gasteiger partial charge in [0.15, 0.2) is 12.6 Å². The molecule has 2 aliphatic rings. The number of rotatable bonds is 10. The second-order valence-electron chi connectivity index (χ2n) is 8.05. The molecule has 1 fully saturated rings. The van der Waals surface area contributed by atoms with Crippen molar-refractivity contribution in [3.8, 4) is 0 Å². The fourth-order valence-electron chi connectivity index (χ4n) is 3.28. The van der Waals surface area contributed by atoms with Crippen LogP contribution in [0.4, 0.5) is 0 Å². The minimum absolute atomic E-state index is 0.0122. The van der Waals surface area contributed by atoms with Crippen LogP contribution in [0.1, 0.15) is 53.4 Å². The molecule has 0 bridgehead atoms. The molecule has 35 heavy (non-hydrogen) atoms. The molecule has 12 nitrogen and oxygen atoms in total. The summed E-state index contributed by atoms with van der Waals surface area (Å²) in [5.41, 5.74) is -0.407. The molecule has 0 spiro atoms. The molecule has 1 saturated heterocycles. The minimum atomic E-state index is -1.65. The summed E-state index contributed by atoms with van der Waals surface area (Å²) in [6.45, 7) is 6.61. The van der Waals surface area contributed by atoms with Gasteiger partial charge in [-0.1, -0.05) is 6.08 Å². The standard InChI is InChI=1S/C23H32O12/c1-5-30-16(24)10-12-22(3)32-18(26)14(19(27)33-22)8-7-9-15-20(28)34-23(4,35-21(15)29)13-11-17(25)31-6-2/h7-9,18,20,26-28H,5-6,10-13H2,1-4H3. The van der Waals surface area contributed by atoms with Crippen molar-refractivity contribution >= 4 is 17.9 Å². The minimum Gasteiger partial charge on any atom is -0.481 e. The van der Waals surface area contributed by atoms with E-state index in [0.29, 0.717) is 0 Å². The molecular weight excluding hydrogens is 468 g/mol. The lowest BCUT2D eigenvalue weighted by molar-refractivity contribution is -0.299. The van der Waals surface area contributed by atoms with Gasteiger partial charge in [-0.25, -0.2) is 4.79 Å². The molecule has 0 aromatic carbocycles. The zero-order valence-electron chi connectivity index (χ0n) is 20.1. The first-order valence-corrected chi connectivity index (χ1v) is 11.2. The smallest absolute Gasteiger partial charge is 0.341 e. The number of ether oxygens (including phenoxy) is 6. The number of carbonyl (C=O) groups excluding carboxylic acids is 3. The summed E-state index contributed by atoms with van der Waals surface area (Å²) in [5, 5.41) is 30.8. The average Bonchev–Trinajstić information content (AvgIpc) is 2.75. The van der Waals surface area contributed by atoms with Crippen molar-refractivity contribution in [2.75, 3.05) is 13.2 Å². The van der Waals surface area contributed by atoms with E-state index in [1.54, 1.807) is 13.8 Å². The fraction of sp³-hybridized carbons (Fsp3) is 0.609. The number of carbonyl (C=O) groups is 3. The molecule has 2 rings (SSSR count). The molecule has 0 saturated carbocycles. The van der Waals surface area contributed by atoms with Crippen LogP contribution in [-0.4, -0.2) is 70.6 Å². The average molecular weight is 500 g/mol. The second kappa shape index (κ2) is 12.2. The summed E-state index contributed by atoms with van der Waals surface area (Å²) < 4.78 is 31.0. The third-order valence-corrected chi connectivity index (χ3v) is 5.09. The summed E-state index contributed by atoms with van der Waals surface area (Å²) in [6, 6.07) is 0. The third kappa shape index (κ3) is 8.06. The summed E-state index contributed by atoms with van der Waals surface area (Å²) in [5.74, 6) is -5.49. The Labute approximate surface area is 202 Å². The highest BCUT2D eigenvalue weighted by Crippen LogP contribution is 2.33. The van der Waals surface area contributed by atoms with Gasteiger partial charge < -0.3 is 43.7 Å². The van der Waals surface area contributed by atoms with Crippen LogP contribution in [0.5, 0.6) is 0 Å². The van der Waals surface area contributed by atoms with Crippen molar-refractivity contribution in [3.05, 3.63) is 35.3 Å². The summed E-state index contributed by atoms with van der Waals surface area (Å²) in [4.78, 5) is 35.5. The number of hydrogen-bond donors (Lipinski definition) is 3. The summed E-state index contributed by atoms with van der Waals surface area (Å²) in [7, 11) is 0. The second-order valence-corrected chi connectivity index (χ2v) is 8.05. The lowest BCUT2D eigenvalue weighted by Gasteiger charge is -2.37. The highest BCUT2D eigenvalue weighted by molar-refractivity contribution is 5.90. The zero-order valence-corrected chi connectivity index (χ0v) is 20.1. The van der Waals surface area contributed by atoms with Crippen molar-refractivity contribution in [3.63, 3.8) is 0 Å². The van der Waals surface area contributed by atoms with E-state index in [4.69, 9.17) is 28.4 Å². The van der Waals surface area contributed by atoms with E-state index in [9.17, 15) is 29.7 Å². The maximum atomic E-state index is 12.4. The predicted octanol–water partition coefficient (Wildman–Crippen LogP) is 1.61. The molecule has 0 aliphatic carbocycles. The Kier molecular flexibility index (Phi) is 9.83. The number of cyclic esters (lactones) is 1. The van der Waals surface area contributed by atoms with Crippen LogP contribution in [-0.2, 0) is 42.8 Å². The van der Waals surface area contributed by atoms with Crippen molar-refractivity contribution in [1.29, 1.82) is 0 Å². The molecule has 196 valence electrons. The number of hydrogen-bond acceptors (Lipinski definition) is 12. The Hall–Kier alpha value is -2.93. The normalized spacial score (nSPS) is 30.2. The number of esters is 3. The Balaban J connectivity index is 2.03. The third-order valence-electron chi connectivity index (χ3n) is 5.09. The molecule has 0 aromatic rings. The lowest BCUT2D eigenvalue weighted by atomic mass is 10.1. The number of aliphatic hydroxyl groups excluding tert-OH is 3. The van der Waals surface area contributed by atoms with Gasteiger partial charge in [-0.15, -0.1) is 0 Å². The SMILES string of the molecule is CCOC(=O)CCC1(C)OC(=O)C(=CC=CC2=C(O)OC(C)(CCC(=O)OCC)OC2O)C(O)O1. The van der Waals surface area contributed by atoms with E-state index in [0.717, 1.165) is 0 Å². The maximum Gasteiger partial charge on any atom is 0.341 e. The van der Waals surface area contributed by atoms with Crippen molar-refractivity contribution in [2.24, 2.45) is 0 Å². The van der Waals surface area contributed by atoms with Crippen LogP contribution in [0, 0.1) is 0 Å². The quantitative estimate of drug-likeness (QED) is 0.226. The van der Waals surface area contributed by atoms with Crippen molar-refractivity contribution in [2.45, 2.75) is 77.5 Å². The van der Waals surface area contributed by atoms with Gasteiger partial charge in [0.2, 0.25) is 11.6 Å². The molecule has 0 radical (unpaired) electrons. The maximum absolute atomic E-state index is 12.4. The van der Waals surface area contributed by atoms with E-state index < -0.39 is 48.0 Å². The van der Waals surface area contributed by atoms with Gasteiger partial charge in [0.1, 0.15) is 0 Å². The van der Waals surface area contributed by atoms with Gasteiger partial charge in [0.25, 0.3) is 5.95 Å². The first-order valence-electron chi connectivity index (χ1n) is 11.2. The van der Waals surface area contributed by atoms with Gasteiger partial charge in [-0.05, 0) is 26.0 Å². The van der Waals surface area contributed by atoms with Gasteiger partial charge in [-0.3, -0.25) is 9.59 Å². The largest absolute Gasteiger partial charge is 0.481 e. The van der Waals surface area contributed by atoms with Crippen LogP contribution in [0.25, 0.3) is 0 Å². The number of allylic oxidation sites excluding steroid dienone is 2. The predicted molar refractivity (Wildman–Crippen MR) is 117 cm³/mol. The van der Waals surface area contributed by atoms with E-state index in [2.05, 4.69) is 0 Å². The molecule has 0 aromatic heterocycles. The zero-order chi connectivity index (χ0) is 26.2. The van der Waals surface area contributed by atoms with Crippen LogP contribution < -0.4 is 0 Å². The fourth-order valence-corrected chi connectivity index (χ4v) is 3.28. The molecule has 2 aliphatic heterocycles. The van der Waals surface area contributed by atoms with Gasteiger partial charge in [0, 0.05) is 26.7 Å². The first kappa shape index (κ1) is 28.3. The van der Waals surface area contributed by atoms with Crippen molar-refractivity contribution < 1.29 is 58.1 Å². The van der Waals surface area contributed by atoms with Crippen molar-refractivity contribution in [1.82, 2.24) is 0 Å². The van der Waals surface area contributed by atoms with Crippen LogP contribution in [0.15, 0.2) is 35.3 Å². The Morgan fingerprint density at radius 3 is 1.94 bits per heavy atom. The van der Waals surface area contributed by atoms with E-state index >= 15 is 0 Å². The summed E-state index contributed by atoms with van der Waals surface area (Å²) in [6.07, 6.45) is 0.223. The molecule has 4 atom stereocenters. The molecule has 12 heteroatoms. The van der Waals surface area contributed by atoms with Crippen LogP contribution >= 0.6 is 0 Å². The molecular formula is C23H32O12. The molecule has 4 unspecified atom stereocenters. The lowest BCUT2D eigenvalue weighted by Crippen LogP contribution is -2.46. The Bertz CT molecular complexity index is 891. The Morgan fingerprint density at radius 1 is 0.943 bits per heavy atom. The molecule has 0 amide bonds. The molecule has 3 N–H and O–H groups in total. The van der Waals surface area contributed by atoms with Gasteiger partial charge in [0.05, 0.1) is 37.2 Å². The van der Waals surface area contributed by atoms with Gasteiger partial charge >= 0.3 is 17.9 Å². The van der Waals surface area contributed by atoms with E-state index in [-0.39, 0.29) is 50.0 Å². The first-order chi connectivity index (χ1) is 16.4. The van der Waals surface area contributed by atoms with E-state index in [1.807, 2.05) is 0 Å². The number of aliphatic hydroxyl groups is 3. The summed E-state index contributed by atoms with van der Waals surface area (Å²) >= 11 is 0. The Morgan fingerprint density at radius 2 is 1.46 bits per heavy atom. The van der Waals surface area contributed by atoms with Gasteiger partial charge in [-0.2, -0.15) is 0 Å². The van der Waals surface area contributed by atoms with E-state index in [1.165, 1.54) is 32.1 Å². The monoisotopic (exact) mass is 500 g/mol. The van der Waals surface area contributed by atoms with Crippen LogP contribution in [0.2, 0.25) is 0 Å². The topological polar surface area (TPSA) is 167 Å². The van der Waals surface area contributed by atoms with Crippen LogP contribution in [0.3, 0.4) is 0 Å².